The zero-order valence-electron chi connectivity index (χ0n) is 17.5. The summed E-state index contributed by atoms with van der Waals surface area (Å²) in [5.41, 5.74) is 0.865. The molecule has 0 atom stereocenters. The van der Waals surface area contributed by atoms with Gasteiger partial charge in [0.15, 0.2) is 0 Å². The van der Waals surface area contributed by atoms with Crippen LogP contribution in [0.25, 0.3) is 5.65 Å². The van der Waals surface area contributed by atoms with Crippen LogP contribution in [0.3, 0.4) is 0 Å². The predicted molar refractivity (Wildman–Crippen MR) is 113 cm³/mol. The van der Waals surface area contributed by atoms with Crippen molar-refractivity contribution in [2.45, 2.75) is 27.7 Å². The zero-order valence-corrected chi connectivity index (χ0v) is 18.3. The van der Waals surface area contributed by atoms with Gasteiger partial charge in [-0.3, -0.25) is 4.79 Å². The number of carbonyl (C=O) groups is 3. The second-order valence-corrected chi connectivity index (χ2v) is 8.19. The topological polar surface area (TPSA) is 99.0 Å². The molecular formula is C21H22FN3O5S. The number of pyridine rings is 1. The van der Waals surface area contributed by atoms with Crippen LogP contribution in [0.5, 0.6) is 0 Å². The quantitative estimate of drug-likeness (QED) is 0.548. The molecule has 1 N–H and O–H groups in total. The largest absolute Gasteiger partial charge is 0.462 e. The lowest BCUT2D eigenvalue weighted by Crippen LogP contribution is -2.15. The number of imidazole rings is 1. The van der Waals surface area contributed by atoms with Crippen molar-refractivity contribution in [3.63, 3.8) is 0 Å². The third-order valence-corrected chi connectivity index (χ3v) is 5.42. The van der Waals surface area contributed by atoms with Crippen molar-refractivity contribution in [3.8, 4) is 0 Å². The molecule has 0 saturated carbocycles. The maximum absolute atomic E-state index is 13.4. The number of amides is 1. The Morgan fingerprint density at radius 3 is 2.61 bits per heavy atom. The Morgan fingerprint density at radius 1 is 1.19 bits per heavy atom. The number of halogens is 1. The van der Waals surface area contributed by atoms with Gasteiger partial charge in [-0.2, -0.15) is 0 Å². The standard InChI is InChI=1S/C21H22FN3O5S/c1-5-29-20(27)16-12(4)17(21(28)30-10-11(2)3)31-19(16)24-18(26)14-9-25-8-13(22)6-7-15(25)23-14/h6-9,11H,5,10H2,1-4H3,(H,24,26). The van der Waals surface area contributed by atoms with Crippen LogP contribution < -0.4 is 5.32 Å². The molecule has 1 amide bonds. The minimum atomic E-state index is -0.661. The molecule has 0 aliphatic rings. The summed E-state index contributed by atoms with van der Waals surface area (Å²) < 4.78 is 25.1. The first kappa shape index (κ1) is 22.4. The number of hydrogen-bond donors (Lipinski definition) is 1. The molecule has 0 unspecified atom stereocenters. The number of nitrogens with one attached hydrogen (secondary N) is 1. The van der Waals surface area contributed by atoms with E-state index in [0.717, 1.165) is 11.3 Å². The monoisotopic (exact) mass is 447 g/mol. The maximum atomic E-state index is 13.4. The molecular weight excluding hydrogens is 425 g/mol. The number of ether oxygens (including phenoxy) is 2. The van der Waals surface area contributed by atoms with E-state index in [-0.39, 0.29) is 40.3 Å². The van der Waals surface area contributed by atoms with Crippen molar-refractivity contribution in [2.75, 3.05) is 18.5 Å². The number of thiophene rings is 1. The van der Waals surface area contributed by atoms with Crippen LogP contribution >= 0.6 is 11.3 Å². The van der Waals surface area contributed by atoms with Crippen LogP contribution in [0.15, 0.2) is 24.5 Å². The van der Waals surface area contributed by atoms with Gasteiger partial charge in [-0.25, -0.2) is 19.0 Å². The SMILES string of the molecule is CCOC(=O)c1c(NC(=O)c2cn3cc(F)ccc3n2)sc(C(=O)OCC(C)C)c1C. The van der Waals surface area contributed by atoms with Gasteiger partial charge in [0.2, 0.25) is 0 Å². The average molecular weight is 447 g/mol. The van der Waals surface area contributed by atoms with Crippen LogP contribution in [0.2, 0.25) is 0 Å². The first-order valence-electron chi connectivity index (χ1n) is 9.64. The molecule has 3 aromatic heterocycles. The Hall–Kier alpha value is -3.27. The number of esters is 2. The smallest absolute Gasteiger partial charge is 0.348 e. The molecule has 0 spiro atoms. The number of rotatable bonds is 7. The van der Waals surface area contributed by atoms with Gasteiger partial charge in [-0.1, -0.05) is 13.8 Å². The molecule has 0 fully saturated rings. The molecule has 0 aliphatic carbocycles. The first-order valence-corrected chi connectivity index (χ1v) is 10.5. The summed E-state index contributed by atoms with van der Waals surface area (Å²) in [6.07, 6.45) is 2.57. The highest BCUT2D eigenvalue weighted by Gasteiger charge is 2.28. The first-order chi connectivity index (χ1) is 14.7. The minimum Gasteiger partial charge on any atom is -0.462 e. The van der Waals surface area contributed by atoms with Crippen LogP contribution in [0, 0.1) is 18.7 Å². The summed E-state index contributed by atoms with van der Waals surface area (Å²) in [5.74, 6) is -2.18. The van der Waals surface area contributed by atoms with E-state index in [4.69, 9.17) is 9.47 Å². The lowest BCUT2D eigenvalue weighted by Gasteiger charge is -2.07. The fourth-order valence-corrected chi connectivity index (χ4v) is 3.88. The molecule has 3 heterocycles. The van der Waals surface area contributed by atoms with Gasteiger partial charge in [-0.15, -0.1) is 11.3 Å². The minimum absolute atomic E-state index is 0.0235. The van der Waals surface area contributed by atoms with Gasteiger partial charge in [0, 0.05) is 12.4 Å². The zero-order chi connectivity index (χ0) is 22.7. The number of anilines is 1. The average Bonchev–Trinajstić information content (AvgIpc) is 3.27. The van der Waals surface area contributed by atoms with Crippen molar-refractivity contribution in [1.82, 2.24) is 9.38 Å². The van der Waals surface area contributed by atoms with Gasteiger partial charge < -0.3 is 19.2 Å². The second-order valence-electron chi connectivity index (χ2n) is 7.17. The van der Waals surface area contributed by atoms with E-state index in [1.807, 2.05) is 13.8 Å². The Kier molecular flexibility index (Phi) is 6.69. The summed E-state index contributed by atoms with van der Waals surface area (Å²) in [7, 11) is 0. The molecule has 10 heteroatoms. The van der Waals surface area contributed by atoms with Crippen LogP contribution in [-0.2, 0) is 9.47 Å². The number of nitrogens with zero attached hydrogens (tertiary/aromatic N) is 2. The Balaban J connectivity index is 1.93. The summed E-state index contributed by atoms with van der Waals surface area (Å²) in [4.78, 5) is 42.1. The van der Waals surface area contributed by atoms with Gasteiger partial charge in [-0.05, 0) is 37.5 Å². The van der Waals surface area contributed by atoms with Crippen molar-refractivity contribution < 1.29 is 28.2 Å². The van der Waals surface area contributed by atoms with E-state index in [2.05, 4.69) is 10.3 Å². The predicted octanol–water partition coefficient (Wildman–Crippen LogP) is 4.09. The fraction of sp³-hybridized carbons (Fsp3) is 0.333. The molecule has 31 heavy (non-hydrogen) atoms. The third kappa shape index (κ3) is 4.91. The summed E-state index contributed by atoms with van der Waals surface area (Å²) >= 11 is 0.931. The van der Waals surface area contributed by atoms with Gasteiger partial charge in [0.05, 0.1) is 18.8 Å². The fourth-order valence-electron chi connectivity index (χ4n) is 2.79. The van der Waals surface area contributed by atoms with Crippen molar-refractivity contribution in [1.29, 1.82) is 0 Å². The Labute approximate surface area is 182 Å². The van der Waals surface area contributed by atoms with Crippen molar-refractivity contribution in [2.24, 2.45) is 5.92 Å². The molecule has 0 saturated heterocycles. The third-order valence-electron chi connectivity index (χ3n) is 4.23. The van der Waals surface area contributed by atoms with Gasteiger partial charge in [0.25, 0.3) is 5.91 Å². The normalized spacial score (nSPS) is 11.0. The van der Waals surface area contributed by atoms with Crippen LogP contribution in [-0.4, -0.2) is 40.4 Å². The van der Waals surface area contributed by atoms with Crippen LogP contribution in [0.4, 0.5) is 9.39 Å². The van der Waals surface area contributed by atoms with Crippen molar-refractivity contribution in [3.05, 3.63) is 52.0 Å². The highest BCUT2D eigenvalue weighted by molar-refractivity contribution is 7.18. The summed E-state index contributed by atoms with van der Waals surface area (Å²) in [6, 6.07) is 2.68. The van der Waals surface area contributed by atoms with Crippen LogP contribution in [0.1, 0.15) is 56.9 Å². The number of hydrogen-bond acceptors (Lipinski definition) is 7. The molecule has 164 valence electrons. The molecule has 0 aromatic carbocycles. The van der Waals surface area contributed by atoms with E-state index >= 15 is 0 Å². The molecule has 0 bridgehead atoms. The molecule has 0 aliphatic heterocycles. The van der Waals surface area contributed by atoms with E-state index in [1.165, 1.54) is 28.9 Å². The number of carbonyl (C=O) groups excluding carboxylic acids is 3. The molecule has 3 aromatic rings. The summed E-state index contributed by atoms with van der Waals surface area (Å²) in [6.45, 7) is 7.43. The molecule has 3 rings (SSSR count). The number of aromatic nitrogens is 2. The Morgan fingerprint density at radius 2 is 1.94 bits per heavy atom. The summed E-state index contributed by atoms with van der Waals surface area (Å²) in [5, 5.41) is 2.78. The molecule has 0 radical (unpaired) electrons. The number of fused-ring (bicyclic) bond motifs is 1. The lowest BCUT2D eigenvalue weighted by molar-refractivity contribution is 0.0464. The highest BCUT2D eigenvalue weighted by Crippen LogP contribution is 2.34. The highest BCUT2D eigenvalue weighted by atomic mass is 32.1. The van der Waals surface area contributed by atoms with Gasteiger partial charge >= 0.3 is 11.9 Å². The molecule has 8 nitrogen and oxygen atoms in total. The van der Waals surface area contributed by atoms with Gasteiger partial charge in [0.1, 0.15) is 27.0 Å². The maximum Gasteiger partial charge on any atom is 0.348 e. The van der Waals surface area contributed by atoms with E-state index in [0.29, 0.717) is 11.2 Å². The lowest BCUT2D eigenvalue weighted by atomic mass is 10.1. The van der Waals surface area contributed by atoms with Crippen molar-refractivity contribution >= 4 is 39.8 Å². The van der Waals surface area contributed by atoms with E-state index < -0.39 is 23.7 Å². The second kappa shape index (κ2) is 9.25. The Bertz CT molecular complexity index is 1150. The van der Waals surface area contributed by atoms with E-state index in [1.54, 1.807) is 13.8 Å². The van der Waals surface area contributed by atoms with E-state index in [9.17, 15) is 18.8 Å².